The highest BCUT2D eigenvalue weighted by Gasteiger charge is 2.31. The van der Waals surface area contributed by atoms with Crippen LogP contribution in [0.15, 0.2) is 24.3 Å². The number of para-hydroxylation sites is 1. The minimum Gasteiger partial charge on any atom is -0.316 e. The van der Waals surface area contributed by atoms with Crippen molar-refractivity contribution in [1.29, 1.82) is 0 Å². The molecule has 1 aliphatic rings. The van der Waals surface area contributed by atoms with Crippen LogP contribution >= 0.6 is 0 Å². The first-order valence-electron chi connectivity index (χ1n) is 6.11. The lowest BCUT2D eigenvalue weighted by atomic mass is 10.1. The molecule has 1 aromatic rings. The van der Waals surface area contributed by atoms with Crippen molar-refractivity contribution in [2.45, 2.75) is 19.8 Å². The summed E-state index contributed by atoms with van der Waals surface area (Å²) in [7, 11) is 0. The van der Waals surface area contributed by atoms with Gasteiger partial charge in [0.25, 0.3) is 5.69 Å². The van der Waals surface area contributed by atoms with Crippen molar-refractivity contribution in [1.82, 2.24) is 5.32 Å². The maximum absolute atomic E-state index is 10.8. The highest BCUT2D eigenvalue weighted by Crippen LogP contribution is 2.36. The van der Waals surface area contributed by atoms with Crippen LogP contribution in [0.3, 0.4) is 0 Å². The van der Waals surface area contributed by atoms with Crippen LogP contribution in [0.2, 0.25) is 0 Å². The number of nitrogens with one attached hydrogen (secondary N) is 1. The number of hydrogen-bond donors (Lipinski definition) is 1. The van der Waals surface area contributed by atoms with Gasteiger partial charge in [-0.2, -0.15) is 0 Å². The zero-order valence-corrected chi connectivity index (χ0v) is 10.1. The maximum atomic E-state index is 10.8. The molecule has 0 aromatic heterocycles. The standard InChI is InChI=1S/C13H18N2O2/c1-10-8-12(10)9-14-7-6-11-4-2-3-5-13(11)15(16)17/h2-5,10,12,14H,6-9H2,1H3. The Morgan fingerprint density at radius 1 is 1.47 bits per heavy atom. The molecule has 0 aliphatic heterocycles. The number of benzene rings is 1. The second kappa shape index (κ2) is 5.27. The number of hydrogen-bond acceptors (Lipinski definition) is 3. The Hall–Kier alpha value is -1.42. The summed E-state index contributed by atoms with van der Waals surface area (Å²) in [6.45, 7) is 4.12. The van der Waals surface area contributed by atoms with Gasteiger partial charge in [-0.1, -0.05) is 25.1 Å². The van der Waals surface area contributed by atoms with Gasteiger partial charge in [0.15, 0.2) is 0 Å². The summed E-state index contributed by atoms with van der Waals surface area (Å²) in [6, 6.07) is 6.96. The van der Waals surface area contributed by atoms with E-state index in [0.29, 0.717) is 0 Å². The Labute approximate surface area is 101 Å². The van der Waals surface area contributed by atoms with Crippen molar-refractivity contribution in [2.75, 3.05) is 13.1 Å². The first kappa shape index (κ1) is 12.0. The smallest absolute Gasteiger partial charge is 0.272 e. The second-order valence-corrected chi connectivity index (χ2v) is 4.81. The summed E-state index contributed by atoms with van der Waals surface area (Å²) in [5, 5.41) is 14.2. The van der Waals surface area contributed by atoms with Gasteiger partial charge in [-0.15, -0.1) is 0 Å². The lowest BCUT2D eigenvalue weighted by molar-refractivity contribution is -0.385. The van der Waals surface area contributed by atoms with E-state index >= 15 is 0 Å². The second-order valence-electron chi connectivity index (χ2n) is 4.81. The fourth-order valence-electron chi connectivity index (χ4n) is 2.09. The van der Waals surface area contributed by atoms with Crippen molar-refractivity contribution in [3.05, 3.63) is 39.9 Å². The number of rotatable bonds is 6. The lowest BCUT2D eigenvalue weighted by Crippen LogP contribution is -2.20. The molecule has 4 heteroatoms. The van der Waals surface area contributed by atoms with Crippen LogP contribution in [0.5, 0.6) is 0 Å². The van der Waals surface area contributed by atoms with E-state index in [1.807, 2.05) is 12.1 Å². The van der Waals surface area contributed by atoms with Crippen LogP contribution in [0.25, 0.3) is 0 Å². The summed E-state index contributed by atoms with van der Waals surface area (Å²) in [5.41, 5.74) is 1.04. The van der Waals surface area contributed by atoms with Gasteiger partial charge >= 0.3 is 0 Å². The lowest BCUT2D eigenvalue weighted by Gasteiger charge is -2.04. The monoisotopic (exact) mass is 234 g/mol. The van der Waals surface area contributed by atoms with Gasteiger partial charge in [-0.05, 0) is 37.8 Å². The molecule has 1 aromatic carbocycles. The minimum absolute atomic E-state index is 0.231. The van der Waals surface area contributed by atoms with Crippen molar-refractivity contribution in [2.24, 2.45) is 11.8 Å². The van der Waals surface area contributed by atoms with Crippen LogP contribution in [0.1, 0.15) is 18.9 Å². The van der Waals surface area contributed by atoms with Crippen molar-refractivity contribution >= 4 is 5.69 Å². The fraction of sp³-hybridized carbons (Fsp3) is 0.538. The zero-order valence-electron chi connectivity index (χ0n) is 10.1. The quantitative estimate of drug-likeness (QED) is 0.467. The maximum Gasteiger partial charge on any atom is 0.272 e. The van der Waals surface area contributed by atoms with E-state index in [2.05, 4.69) is 12.2 Å². The highest BCUT2D eigenvalue weighted by molar-refractivity contribution is 5.39. The Morgan fingerprint density at radius 2 is 2.18 bits per heavy atom. The molecule has 1 N–H and O–H groups in total. The Morgan fingerprint density at radius 3 is 2.82 bits per heavy atom. The molecule has 92 valence electrons. The molecule has 1 fully saturated rings. The molecule has 0 spiro atoms. The van der Waals surface area contributed by atoms with Crippen LogP contribution in [0.4, 0.5) is 5.69 Å². The molecule has 1 aliphatic carbocycles. The van der Waals surface area contributed by atoms with Crippen molar-refractivity contribution < 1.29 is 4.92 Å². The summed E-state index contributed by atoms with van der Waals surface area (Å²) in [5.74, 6) is 1.68. The molecular weight excluding hydrogens is 216 g/mol. The predicted molar refractivity (Wildman–Crippen MR) is 66.9 cm³/mol. The minimum atomic E-state index is -0.307. The molecule has 1 saturated carbocycles. The number of nitro benzene ring substituents is 1. The normalized spacial score (nSPS) is 22.4. The molecule has 0 bridgehead atoms. The van der Waals surface area contributed by atoms with Gasteiger partial charge in [-0.25, -0.2) is 0 Å². The molecule has 0 heterocycles. The zero-order chi connectivity index (χ0) is 12.3. The van der Waals surface area contributed by atoms with Crippen LogP contribution in [0, 0.1) is 22.0 Å². The SMILES string of the molecule is CC1CC1CNCCc1ccccc1[N+](=O)[O-]. The van der Waals surface area contributed by atoms with E-state index in [1.165, 1.54) is 6.42 Å². The summed E-state index contributed by atoms with van der Waals surface area (Å²) >= 11 is 0. The van der Waals surface area contributed by atoms with E-state index in [4.69, 9.17) is 0 Å². The van der Waals surface area contributed by atoms with E-state index in [0.717, 1.165) is 36.9 Å². The topological polar surface area (TPSA) is 55.2 Å². The first-order valence-corrected chi connectivity index (χ1v) is 6.11. The van der Waals surface area contributed by atoms with Crippen molar-refractivity contribution in [3.63, 3.8) is 0 Å². The molecule has 2 atom stereocenters. The molecule has 2 unspecified atom stereocenters. The van der Waals surface area contributed by atoms with E-state index in [-0.39, 0.29) is 10.6 Å². The van der Waals surface area contributed by atoms with Crippen LogP contribution in [-0.4, -0.2) is 18.0 Å². The third-order valence-corrected chi connectivity index (χ3v) is 3.44. The highest BCUT2D eigenvalue weighted by atomic mass is 16.6. The van der Waals surface area contributed by atoms with Gasteiger partial charge in [0.05, 0.1) is 4.92 Å². The Bertz CT molecular complexity index is 406. The molecule has 0 amide bonds. The molecule has 2 rings (SSSR count). The fourth-order valence-corrected chi connectivity index (χ4v) is 2.09. The molecule has 0 radical (unpaired) electrons. The predicted octanol–water partition coefficient (Wildman–Crippen LogP) is 2.38. The average molecular weight is 234 g/mol. The molecule has 4 nitrogen and oxygen atoms in total. The number of nitrogens with zero attached hydrogens (tertiary/aromatic N) is 1. The Balaban J connectivity index is 1.79. The number of nitro groups is 1. The molecule has 0 saturated heterocycles. The Kier molecular flexibility index (Phi) is 3.74. The molecular formula is C13H18N2O2. The van der Waals surface area contributed by atoms with E-state index in [1.54, 1.807) is 12.1 Å². The largest absolute Gasteiger partial charge is 0.316 e. The van der Waals surface area contributed by atoms with Gasteiger partial charge in [0, 0.05) is 11.6 Å². The summed E-state index contributed by atoms with van der Waals surface area (Å²) in [6.07, 6.45) is 2.04. The van der Waals surface area contributed by atoms with E-state index in [9.17, 15) is 10.1 Å². The van der Waals surface area contributed by atoms with E-state index < -0.39 is 0 Å². The van der Waals surface area contributed by atoms with Gasteiger partial charge in [-0.3, -0.25) is 10.1 Å². The van der Waals surface area contributed by atoms with Crippen LogP contribution < -0.4 is 5.32 Å². The van der Waals surface area contributed by atoms with Gasteiger partial charge < -0.3 is 5.32 Å². The van der Waals surface area contributed by atoms with Gasteiger partial charge in [0.2, 0.25) is 0 Å². The third-order valence-electron chi connectivity index (χ3n) is 3.44. The molecule has 17 heavy (non-hydrogen) atoms. The first-order chi connectivity index (χ1) is 8.18. The summed E-state index contributed by atoms with van der Waals surface area (Å²) in [4.78, 5) is 10.5. The van der Waals surface area contributed by atoms with Gasteiger partial charge in [0.1, 0.15) is 0 Å². The third kappa shape index (κ3) is 3.27. The van der Waals surface area contributed by atoms with Crippen LogP contribution in [-0.2, 0) is 6.42 Å². The average Bonchev–Trinajstić information content (AvgIpc) is 3.01. The van der Waals surface area contributed by atoms with Crippen molar-refractivity contribution in [3.8, 4) is 0 Å². The summed E-state index contributed by atoms with van der Waals surface area (Å²) < 4.78 is 0.